The Labute approximate surface area is 447 Å². The molecule has 0 aliphatic heterocycles. The molecule has 0 fully saturated rings. The average molecular weight is 1010 g/mol. The van der Waals surface area contributed by atoms with Crippen LogP contribution in [-0.2, 0) is 61.1 Å². The van der Waals surface area contributed by atoms with Crippen LogP contribution < -0.4 is 0 Å². The monoisotopic (exact) mass is 1010 g/mol. The Balaban J connectivity index is 0.727. The van der Waals surface area contributed by atoms with Gasteiger partial charge in [-0.25, -0.2) is 19.6 Å². The average Bonchev–Trinajstić information content (AvgIpc) is 4.09. The number of rotatable bonds is 27. The molecule has 6 aromatic carbocycles. The molecule has 0 saturated carbocycles. The molecule has 8 heteroatoms. The number of nitrogens with zero attached hydrogens (tertiary/aromatic N) is 4. The molecule has 0 atom stereocenters. The van der Waals surface area contributed by atoms with E-state index in [0.29, 0.717) is 24.6 Å². The normalized spacial score (nSPS) is 11.5. The van der Waals surface area contributed by atoms with Crippen LogP contribution >= 0.6 is 0 Å². The Morgan fingerprint density at radius 1 is 0.342 bits per heavy atom. The molecule has 10 aromatic rings. The molecule has 386 valence electrons. The number of unbranched alkanes of at least 4 members (excludes halogenated alkanes) is 5. The first-order valence-corrected chi connectivity index (χ1v) is 27.9. The van der Waals surface area contributed by atoms with Crippen LogP contribution in [0.15, 0.2) is 182 Å². The molecule has 10 rings (SSSR count). The number of aryl methyl sites for hydroxylation is 8. The molecule has 8 nitrogen and oxygen atoms in total. The first kappa shape index (κ1) is 51.6. The smallest absolute Gasteiger partial charge is 0.356 e. The van der Waals surface area contributed by atoms with Crippen molar-refractivity contribution in [3.8, 4) is 0 Å². The lowest BCUT2D eigenvalue weighted by Crippen LogP contribution is -2.11. The highest BCUT2D eigenvalue weighted by atomic mass is 16.5. The van der Waals surface area contributed by atoms with E-state index in [1.807, 2.05) is 12.1 Å². The fraction of sp³-hybridized carbons (Fsp3) is 0.294. The van der Waals surface area contributed by atoms with Crippen LogP contribution in [0.25, 0.3) is 43.6 Å². The van der Waals surface area contributed by atoms with Gasteiger partial charge in [0, 0.05) is 45.7 Å². The molecule has 76 heavy (non-hydrogen) atoms. The van der Waals surface area contributed by atoms with Crippen molar-refractivity contribution in [2.45, 2.75) is 116 Å². The van der Waals surface area contributed by atoms with Crippen molar-refractivity contribution in [1.82, 2.24) is 19.1 Å². The summed E-state index contributed by atoms with van der Waals surface area (Å²) in [6.07, 6.45) is 14.7. The number of aromatic nitrogens is 4. The summed E-state index contributed by atoms with van der Waals surface area (Å²) >= 11 is 0. The van der Waals surface area contributed by atoms with Crippen molar-refractivity contribution in [3.63, 3.8) is 0 Å². The van der Waals surface area contributed by atoms with E-state index < -0.39 is 0 Å². The number of benzene rings is 6. The minimum atomic E-state index is -0.369. The second-order valence-corrected chi connectivity index (χ2v) is 20.3. The van der Waals surface area contributed by atoms with E-state index in [4.69, 9.17) is 19.4 Å². The minimum Gasteiger partial charge on any atom is -0.461 e. The summed E-state index contributed by atoms with van der Waals surface area (Å²) in [4.78, 5) is 37.7. The van der Waals surface area contributed by atoms with Crippen molar-refractivity contribution >= 4 is 55.6 Å². The number of fused-ring (bicyclic) bond motifs is 6. The van der Waals surface area contributed by atoms with Crippen LogP contribution in [-0.4, -0.2) is 44.3 Å². The Bertz CT molecular complexity index is 3240. The predicted octanol–water partition coefficient (Wildman–Crippen LogP) is 15.7. The van der Waals surface area contributed by atoms with Gasteiger partial charge in [-0.15, -0.1) is 0 Å². The van der Waals surface area contributed by atoms with E-state index >= 15 is 0 Å². The van der Waals surface area contributed by atoms with Gasteiger partial charge in [0.1, 0.15) is 11.4 Å². The molecule has 0 radical (unpaired) electrons. The fourth-order valence-electron chi connectivity index (χ4n) is 11.1. The zero-order valence-electron chi connectivity index (χ0n) is 43.9. The quantitative estimate of drug-likeness (QED) is 0.0377. The number of esters is 2. The molecule has 0 aliphatic carbocycles. The van der Waals surface area contributed by atoms with Gasteiger partial charge < -0.3 is 18.6 Å². The molecule has 0 aliphatic rings. The molecular weight excluding hydrogens is 937 g/mol. The number of ether oxygens (including phenoxy) is 2. The first-order chi connectivity index (χ1) is 37.6. The Morgan fingerprint density at radius 2 is 0.671 bits per heavy atom. The van der Waals surface area contributed by atoms with Crippen molar-refractivity contribution in [3.05, 3.63) is 227 Å². The van der Waals surface area contributed by atoms with E-state index in [9.17, 15) is 9.59 Å². The van der Waals surface area contributed by atoms with E-state index in [-0.39, 0.29) is 11.9 Å². The van der Waals surface area contributed by atoms with Crippen molar-refractivity contribution < 1.29 is 19.1 Å². The molecule has 0 bridgehead atoms. The highest BCUT2D eigenvalue weighted by molar-refractivity contribution is 6.11. The standard InChI is InChI=1S/C68H70N4O4/c73-67(61-49-57-55-39-17-19-43-63(55)71(45-25-37-53-31-13-7-14-32-53)65(57)59(69-61)41-23-35-51-27-9-5-10-28-51)75-47-21-3-1-2-4-22-48-76-68(74)62-50-58-56-40-18-20-44-64(56)72(46-26-38-54-33-15-8-16-34-54)66(58)60(70-62)42-24-36-52-29-11-6-12-30-52/h5-20,27-34,39-40,43-44,49-50H,1-4,21-26,35-38,41-42,45-48H2. The summed E-state index contributed by atoms with van der Waals surface area (Å²) in [5, 5.41) is 4.39. The largest absolute Gasteiger partial charge is 0.461 e. The van der Waals surface area contributed by atoms with E-state index in [2.05, 4.69) is 179 Å². The summed E-state index contributed by atoms with van der Waals surface area (Å²) in [6.45, 7) is 2.41. The van der Waals surface area contributed by atoms with Crippen LogP contribution in [0.2, 0.25) is 0 Å². The van der Waals surface area contributed by atoms with Gasteiger partial charge in [0.2, 0.25) is 0 Å². The Kier molecular flexibility index (Phi) is 17.7. The van der Waals surface area contributed by atoms with Gasteiger partial charge in [0.05, 0.1) is 35.6 Å². The lowest BCUT2D eigenvalue weighted by molar-refractivity contribution is 0.0478. The van der Waals surface area contributed by atoms with Gasteiger partial charge in [-0.05, 0) is 124 Å². The third kappa shape index (κ3) is 13.0. The van der Waals surface area contributed by atoms with Crippen LogP contribution in [0, 0.1) is 0 Å². The first-order valence-electron chi connectivity index (χ1n) is 27.9. The van der Waals surface area contributed by atoms with E-state index in [0.717, 1.165) is 160 Å². The molecule has 0 amide bonds. The van der Waals surface area contributed by atoms with Gasteiger partial charge in [0.15, 0.2) is 0 Å². The maximum absolute atomic E-state index is 13.8. The Hall–Kier alpha value is -7.84. The zero-order chi connectivity index (χ0) is 51.7. The van der Waals surface area contributed by atoms with Crippen molar-refractivity contribution in [1.29, 1.82) is 0 Å². The third-order valence-corrected chi connectivity index (χ3v) is 14.9. The molecule has 4 heterocycles. The van der Waals surface area contributed by atoms with Crippen LogP contribution in [0.1, 0.15) is 119 Å². The molecular formula is C68H70N4O4. The van der Waals surface area contributed by atoms with Crippen molar-refractivity contribution in [2.75, 3.05) is 13.2 Å². The SMILES string of the molecule is O=C(OCCCCCCCCOC(=O)c1cc2c3ccccc3n(CCCc3ccccc3)c2c(CCCc2ccccc2)n1)c1cc2c3ccccc3n(CCCc3ccccc3)c2c(CCCc2ccccc2)n1. The second-order valence-electron chi connectivity index (χ2n) is 20.3. The fourth-order valence-corrected chi connectivity index (χ4v) is 11.1. The molecule has 0 saturated heterocycles. The number of para-hydroxylation sites is 2. The summed E-state index contributed by atoms with van der Waals surface area (Å²) in [5.41, 5.74) is 12.5. The maximum Gasteiger partial charge on any atom is 0.356 e. The molecule has 0 spiro atoms. The maximum atomic E-state index is 13.8. The van der Waals surface area contributed by atoms with E-state index in [1.54, 1.807) is 0 Å². The second kappa shape index (κ2) is 26.1. The lowest BCUT2D eigenvalue weighted by atomic mass is 10.0. The van der Waals surface area contributed by atoms with Gasteiger partial charge in [-0.1, -0.05) is 183 Å². The minimum absolute atomic E-state index is 0.346. The topological polar surface area (TPSA) is 88.2 Å². The van der Waals surface area contributed by atoms with Gasteiger partial charge in [0.25, 0.3) is 0 Å². The summed E-state index contributed by atoms with van der Waals surface area (Å²) in [7, 11) is 0. The molecule has 0 N–H and O–H groups in total. The predicted molar refractivity (Wildman–Crippen MR) is 309 cm³/mol. The van der Waals surface area contributed by atoms with E-state index in [1.165, 1.54) is 33.3 Å². The van der Waals surface area contributed by atoms with Gasteiger partial charge in [-0.2, -0.15) is 0 Å². The Morgan fingerprint density at radius 3 is 1.05 bits per heavy atom. The third-order valence-electron chi connectivity index (χ3n) is 14.9. The number of carbonyl (C=O) groups excluding carboxylic acids is 2. The number of carbonyl (C=O) groups is 2. The number of pyridine rings is 2. The number of hydrogen-bond acceptors (Lipinski definition) is 6. The molecule has 0 unspecified atom stereocenters. The lowest BCUT2D eigenvalue weighted by Gasteiger charge is -2.13. The molecule has 4 aromatic heterocycles. The van der Waals surface area contributed by atoms with Gasteiger partial charge in [-0.3, -0.25) is 0 Å². The summed E-state index contributed by atoms with van der Waals surface area (Å²) in [6, 6.07) is 63.4. The van der Waals surface area contributed by atoms with Crippen molar-refractivity contribution in [2.24, 2.45) is 0 Å². The summed E-state index contributed by atoms with van der Waals surface area (Å²) in [5.74, 6) is -0.738. The van der Waals surface area contributed by atoms with Crippen LogP contribution in [0.4, 0.5) is 0 Å². The highest BCUT2D eigenvalue weighted by Crippen LogP contribution is 2.35. The van der Waals surface area contributed by atoms with Gasteiger partial charge >= 0.3 is 11.9 Å². The van der Waals surface area contributed by atoms with Crippen LogP contribution in [0.5, 0.6) is 0 Å². The van der Waals surface area contributed by atoms with Crippen LogP contribution in [0.3, 0.4) is 0 Å². The highest BCUT2D eigenvalue weighted by Gasteiger charge is 2.22. The summed E-state index contributed by atoms with van der Waals surface area (Å²) < 4.78 is 16.7. The zero-order valence-corrected chi connectivity index (χ0v) is 43.9. The number of hydrogen-bond donors (Lipinski definition) is 0.